The molecule has 0 bridgehead atoms. The van der Waals surface area contributed by atoms with Gasteiger partial charge in [-0.3, -0.25) is 0 Å². The maximum absolute atomic E-state index is 2.34. The van der Waals surface area contributed by atoms with E-state index < -0.39 is 0 Å². The van der Waals surface area contributed by atoms with Gasteiger partial charge in [-0.1, -0.05) is 113 Å². The van der Waals surface area contributed by atoms with Crippen LogP contribution >= 0.6 is 0 Å². The van der Waals surface area contributed by atoms with Gasteiger partial charge < -0.3 is 0 Å². The second kappa shape index (κ2) is 12.7. The maximum Gasteiger partial charge on any atom is -0.0253 e. The second-order valence-corrected chi connectivity index (χ2v) is 8.17. The van der Waals surface area contributed by atoms with Crippen LogP contribution in [0.25, 0.3) is 0 Å². The summed E-state index contributed by atoms with van der Waals surface area (Å²) in [6.07, 6.45) is 7.74. The molecule has 0 spiro atoms. The number of hydrogen-bond donors (Lipinski definition) is 0. The lowest BCUT2D eigenvalue weighted by atomic mass is 9.96. The first-order valence-corrected chi connectivity index (χ1v) is 10.6. The van der Waals surface area contributed by atoms with Crippen molar-refractivity contribution in [2.24, 2.45) is 11.8 Å². The van der Waals surface area contributed by atoms with E-state index in [0.717, 1.165) is 11.8 Å². The third-order valence-corrected chi connectivity index (χ3v) is 4.90. The minimum absolute atomic E-state index is 0.826. The fourth-order valence-corrected chi connectivity index (χ4v) is 3.67. The van der Waals surface area contributed by atoms with Crippen LogP contribution in [0.3, 0.4) is 0 Å². The zero-order valence-corrected chi connectivity index (χ0v) is 18.0. The second-order valence-electron chi connectivity index (χ2n) is 8.17. The van der Waals surface area contributed by atoms with Gasteiger partial charge in [0.2, 0.25) is 0 Å². The van der Waals surface area contributed by atoms with Crippen LogP contribution in [0.2, 0.25) is 0 Å². The Morgan fingerprint density at radius 1 is 0.654 bits per heavy atom. The molecule has 0 nitrogen and oxygen atoms in total. The molecule has 2 atom stereocenters. The van der Waals surface area contributed by atoms with Crippen molar-refractivity contribution in [3.8, 4) is 0 Å². The first-order chi connectivity index (χ1) is 12.4. The summed E-state index contributed by atoms with van der Waals surface area (Å²) >= 11 is 0. The fraction of sp³-hybridized carbons (Fsp3) is 0.538. The summed E-state index contributed by atoms with van der Waals surface area (Å²) in [6.45, 7) is 13.5. The van der Waals surface area contributed by atoms with Crippen molar-refractivity contribution in [3.63, 3.8) is 0 Å². The van der Waals surface area contributed by atoms with E-state index in [1.165, 1.54) is 60.8 Å². The number of hydrogen-bond acceptors (Lipinski definition) is 0. The predicted octanol–water partition coefficient (Wildman–Crippen LogP) is 7.95. The Hall–Kier alpha value is -1.56. The zero-order chi connectivity index (χ0) is 19.4. The molecule has 2 aromatic carbocycles. The van der Waals surface area contributed by atoms with Gasteiger partial charge in [-0.2, -0.15) is 0 Å². The van der Waals surface area contributed by atoms with Crippen LogP contribution in [0.5, 0.6) is 0 Å². The topological polar surface area (TPSA) is 0 Å². The minimum Gasteiger partial charge on any atom is -0.0654 e. The van der Waals surface area contributed by atoms with Crippen LogP contribution in [0.1, 0.15) is 75.6 Å². The molecule has 0 N–H and O–H groups in total. The summed E-state index contributed by atoms with van der Waals surface area (Å²) in [5.41, 5.74) is 5.73. The standard InChI is InChI=1S/2C13H20/c2*1-4-6-11(2)9-13-8-5-7-12(3)10-13/h2*5,7-8,10-11H,4,6,9H2,1-3H3/t2*11-/m10/s1. The van der Waals surface area contributed by atoms with Crippen LogP contribution in [-0.2, 0) is 12.8 Å². The molecule has 0 aliphatic carbocycles. The normalized spacial score (nSPS) is 12.8. The molecular formula is C26H40. The molecule has 0 saturated carbocycles. The third-order valence-electron chi connectivity index (χ3n) is 4.90. The fourth-order valence-electron chi connectivity index (χ4n) is 3.67. The van der Waals surface area contributed by atoms with Crippen molar-refractivity contribution in [3.05, 3.63) is 70.8 Å². The molecular weight excluding hydrogens is 312 g/mol. The van der Waals surface area contributed by atoms with E-state index >= 15 is 0 Å². The first-order valence-electron chi connectivity index (χ1n) is 10.6. The molecule has 0 amide bonds. The molecule has 0 heteroatoms. The summed E-state index contributed by atoms with van der Waals surface area (Å²) in [5.74, 6) is 1.65. The van der Waals surface area contributed by atoms with Gasteiger partial charge in [-0.15, -0.1) is 0 Å². The van der Waals surface area contributed by atoms with Crippen molar-refractivity contribution in [2.75, 3.05) is 0 Å². The van der Waals surface area contributed by atoms with Gasteiger partial charge in [0.05, 0.1) is 0 Å². The first kappa shape index (κ1) is 22.5. The highest BCUT2D eigenvalue weighted by Crippen LogP contribution is 2.15. The summed E-state index contributed by atoms with van der Waals surface area (Å²) in [4.78, 5) is 0. The molecule has 26 heavy (non-hydrogen) atoms. The Bertz CT molecular complexity index is 555. The van der Waals surface area contributed by atoms with Crippen molar-refractivity contribution in [1.29, 1.82) is 0 Å². The van der Waals surface area contributed by atoms with Crippen LogP contribution in [0.4, 0.5) is 0 Å². The van der Waals surface area contributed by atoms with Crippen LogP contribution in [-0.4, -0.2) is 0 Å². The quantitative estimate of drug-likeness (QED) is 0.452. The van der Waals surface area contributed by atoms with E-state index in [0.29, 0.717) is 0 Å². The van der Waals surface area contributed by atoms with Gasteiger partial charge in [0, 0.05) is 0 Å². The van der Waals surface area contributed by atoms with E-state index in [1.54, 1.807) is 0 Å². The number of benzene rings is 2. The van der Waals surface area contributed by atoms with E-state index in [1.807, 2.05) is 0 Å². The van der Waals surface area contributed by atoms with Crippen molar-refractivity contribution < 1.29 is 0 Å². The lowest BCUT2D eigenvalue weighted by molar-refractivity contribution is 0.522. The number of aryl methyl sites for hydroxylation is 2. The molecule has 0 aromatic heterocycles. The molecule has 0 fully saturated rings. The average Bonchev–Trinajstić information content (AvgIpc) is 2.56. The van der Waals surface area contributed by atoms with Crippen LogP contribution in [0.15, 0.2) is 48.5 Å². The lowest BCUT2D eigenvalue weighted by Crippen LogP contribution is -1.99. The summed E-state index contributed by atoms with van der Waals surface area (Å²) < 4.78 is 0. The Morgan fingerprint density at radius 3 is 1.35 bits per heavy atom. The third kappa shape index (κ3) is 9.80. The van der Waals surface area contributed by atoms with E-state index in [9.17, 15) is 0 Å². The summed E-state index contributed by atoms with van der Waals surface area (Å²) in [6, 6.07) is 17.7. The van der Waals surface area contributed by atoms with E-state index in [4.69, 9.17) is 0 Å². The lowest BCUT2D eigenvalue weighted by Gasteiger charge is -2.09. The van der Waals surface area contributed by atoms with Crippen LogP contribution in [0, 0.1) is 25.7 Å². The van der Waals surface area contributed by atoms with Gasteiger partial charge in [-0.25, -0.2) is 0 Å². The SMILES string of the molecule is CCC[C@@H](C)Cc1cccc(C)c1.CCC[C@H](C)Cc1cccc(C)c1. The molecule has 0 unspecified atom stereocenters. The highest BCUT2D eigenvalue weighted by molar-refractivity contribution is 5.23. The van der Waals surface area contributed by atoms with E-state index in [2.05, 4.69) is 90.1 Å². The molecule has 0 radical (unpaired) electrons. The van der Waals surface area contributed by atoms with Gasteiger partial charge in [0.15, 0.2) is 0 Å². The average molecular weight is 353 g/mol. The van der Waals surface area contributed by atoms with E-state index in [-0.39, 0.29) is 0 Å². The molecule has 0 aliphatic heterocycles. The smallest absolute Gasteiger partial charge is 0.0253 e. The van der Waals surface area contributed by atoms with Gasteiger partial charge in [0.1, 0.15) is 0 Å². The Labute approximate surface area is 163 Å². The summed E-state index contributed by atoms with van der Waals surface area (Å²) in [7, 11) is 0. The van der Waals surface area contributed by atoms with Crippen molar-refractivity contribution >= 4 is 0 Å². The summed E-state index contributed by atoms with van der Waals surface area (Å²) in [5, 5.41) is 0. The Morgan fingerprint density at radius 2 is 1.04 bits per heavy atom. The van der Waals surface area contributed by atoms with Crippen LogP contribution < -0.4 is 0 Å². The monoisotopic (exact) mass is 352 g/mol. The van der Waals surface area contributed by atoms with Gasteiger partial charge in [0.25, 0.3) is 0 Å². The molecule has 2 rings (SSSR count). The predicted molar refractivity (Wildman–Crippen MR) is 118 cm³/mol. The Balaban J connectivity index is 0.000000260. The number of rotatable bonds is 8. The van der Waals surface area contributed by atoms with Gasteiger partial charge >= 0.3 is 0 Å². The van der Waals surface area contributed by atoms with Crippen molar-refractivity contribution in [1.82, 2.24) is 0 Å². The highest BCUT2D eigenvalue weighted by Gasteiger charge is 2.02. The Kier molecular flexibility index (Phi) is 11.0. The molecule has 144 valence electrons. The van der Waals surface area contributed by atoms with Crippen molar-refractivity contribution in [2.45, 2.75) is 80.1 Å². The largest absolute Gasteiger partial charge is 0.0654 e. The zero-order valence-electron chi connectivity index (χ0n) is 18.0. The molecule has 0 heterocycles. The molecule has 2 aromatic rings. The van der Waals surface area contributed by atoms with Gasteiger partial charge in [-0.05, 0) is 49.7 Å². The highest BCUT2D eigenvalue weighted by atomic mass is 14.1. The minimum atomic E-state index is 0.826. The maximum atomic E-state index is 2.34. The molecule has 0 saturated heterocycles. The molecule has 0 aliphatic rings.